The quantitative estimate of drug-likeness (QED) is 0.461. The minimum Gasteiger partial charge on any atom is -0.506 e. The summed E-state index contributed by atoms with van der Waals surface area (Å²) in [5, 5.41) is 10.1. The lowest BCUT2D eigenvalue weighted by Gasteiger charge is -2.15. The fourth-order valence-electron chi connectivity index (χ4n) is 2.89. The lowest BCUT2D eigenvalue weighted by Crippen LogP contribution is -2.16. The van der Waals surface area contributed by atoms with E-state index in [0.29, 0.717) is 11.3 Å². The smallest absolute Gasteiger partial charge is 0.262 e. The highest BCUT2D eigenvalue weighted by atomic mass is 32.2. The molecule has 0 amide bonds. The van der Waals surface area contributed by atoms with E-state index in [1.165, 1.54) is 25.3 Å². The molecule has 0 bridgehead atoms. The molecule has 0 heterocycles. The number of hydrogen-bond acceptors (Lipinski definition) is 6. The van der Waals surface area contributed by atoms with E-state index in [1.807, 2.05) is 0 Å². The number of methoxy groups -OCH3 is 1. The van der Waals surface area contributed by atoms with Crippen LogP contribution in [0.5, 0.6) is 11.5 Å². The Morgan fingerprint density at radius 3 is 2.19 bits per heavy atom. The zero-order chi connectivity index (χ0) is 22.8. The fourth-order valence-corrected chi connectivity index (χ4v) is 5.39. The predicted molar refractivity (Wildman–Crippen MR) is 119 cm³/mol. The number of phenols is 1. The number of hydrogen-bond donors (Lipinski definition) is 3. The number of rotatable bonds is 7. The molecule has 8 nitrogen and oxygen atoms in total. The highest BCUT2D eigenvalue weighted by Gasteiger charge is 2.22. The third-order valence-electron chi connectivity index (χ3n) is 4.51. The van der Waals surface area contributed by atoms with Crippen LogP contribution in [0.3, 0.4) is 0 Å². The number of sulfonamides is 2. The molecule has 164 valence electrons. The van der Waals surface area contributed by atoms with E-state index in [1.54, 1.807) is 44.2 Å². The summed E-state index contributed by atoms with van der Waals surface area (Å²) < 4.78 is 61.2. The molecule has 3 rings (SSSR count). The first-order valence-corrected chi connectivity index (χ1v) is 12.1. The van der Waals surface area contributed by atoms with Crippen LogP contribution in [0.4, 0.5) is 11.4 Å². The van der Waals surface area contributed by atoms with E-state index >= 15 is 0 Å². The summed E-state index contributed by atoms with van der Waals surface area (Å²) in [5.74, 6) is -0.0918. The van der Waals surface area contributed by atoms with Crippen molar-refractivity contribution in [3.63, 3.8) is 0 Å². The summed E-state index contributed by atoms with van der Waals surface area (Å²) in [6, 6.07) is 14.7. The van der Waals surface area contributed by atoms with Gasteiger partial charge >= 0.3 is 0 Å². The molecule has 31 heavy (non-hydrogen) atoms. The average Bonchev–Trinajstić information content (AvgIpc) is 2.71. The lowest BCUT2D eigenvalue weighted by molar-refractivity contribution is 0.417. The molecule has 0 aliphatic carbocycles. The van der Waals surface area contributed by atoms with Crippen molar-refractivity contribution in [2.75, 3.05) is 16.6 Å². The number of para-hydroxylation sites is 2. The first kappa shape index (κ1) is 22.4. The topological polar surface area (TPSA) is 122 Å². The van der Waals surface area contributed by atoms with Crippen LogP contribution >= 0.6 is 0 Å². The Morgan fingerprint density at radius 1 is 0.806 bits per heavy atom. The van der Waals surface area contributed by atoms with Crippen molar-refractivity contribution in [1.29, 1.82) is 0 Å². The van der Waals surface area contributed by atoms with Gasteiger partial charge in [-0.25, -0.2) is 16.8 Å². The van der Waals surface area contributed by atoms with Gasteiger partial charge in [-0.1, -0.05) is 24.3 Å². The van der Waals surface area contributed by atoms with Crippen molar-refractivity contribution >= 4 is 31.4 Å². The van der Waals surface area contributed by atoms with Crippen LogP contribution < -0.4 is 14.2 Å². The molecule has 3 aromatic rings. The van der Waals surface area contributed by atoms with Gasteiger partial charge in [0.1, 0.15) is 11.5 Å². The summed E-state index contributed by atoms with van der Waals surface area (Å²) in [5.41, 5.74) is 1.21. The fraction of sp³-hybridized carbons (Fsp3) is 0.143. The molecule has 3 aromatic carbocycles. The zero-order valence-corrected chi connectivity index (χ0v) is 18.7. The molecule has 3 N–H and O–H groups in total. The van der Waals surface area contributed by atoms with Gasteiger partial charge in [0.25, 0.3) is 20.0 Å². The van der Waals surface area contributed by atoms with E-state index in [2.05, 4.69) is 9.44 Å². The van der Waals surface area contributed by atoms with Gasteiger partial charge in [0.05, 0.1) is 28.3 Å². The Labute approximate surface area is 181 Å². The summed E-state index contributed by atoms with van der Waals surface area (Å²) >= 11 is 0. The minimum absolute atomic E-state index is 0.0345. The Bertz CT molecular complexity index is 1340. The molecule has 0 radical (unpaired) electrons. The number of benzene rings is 3. The Hall–Kier alpha value is -3.24. The van der Waals surface area contributed by atoms with Gasteiger partial charge in [-0.2, -0.15) is 0 Å². The van der Waals surface area contributed by atoms with Gasteiger partial charge < -0.3 is 9.84 Å². The zero-order valence-electron chi connectivity index (χ0n) is 17.1. The van der Waals surface area contributed by atoms with Crippen LogP contribution in [0.1, 0.15) is 11.1 Å². The van der Waals surface area contributed by atoms with Crippen LogP contribution in [0.15, 0.2) is 70.5 Å². The van der Waals surface area contributed by atoms with Crippen molar-refractivity contribution < 1.29 is 26.7 Å². The second-order valence-electron chi connectivity index (χ2n) is 6.86. The van der Waals surface area contributed by atoms with Crippen molar-refractivity contribution in [2.45, 2.75) is 23.6 Å². The highest BCUT2D eigenvalue weighted by Crippen LogP contribution is 2.31. The average molecular weight is 463 g/mol. The maximum Gasteiger partial charge on any atom is 0.262 e. The summed E-state index contributed by atoms with van der Waals surface area (Å²) in [4.78, 5) is -0.206. The first-order chi connectivity index (χ1) is 14.5. The third kappa shape index (κ3) is 4.92. The van der Waals surface area contributed by atoms with Crippen LogP contribution in [0.2, 0.25) is 0 Å². The normalized spacial score (nSPS) is 11.7. The summed E-state index contributed by atoms with van der Waals surface area (Å²) in [6.45, 7) is 3.40. The van der Waals surface area contributed by atoms with Gasteiger partial charge in [0.2, 0.25) is 0 Å². The van der Waals surface area contributed by atoms with Gasteiger partial charge in [0.15, 0.2) is 0 Å². The third-order valence-corrected chi connectivity index (χ3v) is 7.38. The maximum atomic E-state index is 12.9. The second-order valence-corrected chi connectivity index (χ2v) is 10.2. The molecule has 0 unspecified atom stereocenters. The standard InChI is InChI=1S/C21H22N2O6S2/c1-14-8-9-15(2)21(12-14)31(27,28)23-18-13-16(10-11-19(18)24)30(25,26)22-17-6-4-5-7-20(17)29-3/h4-13,22-24H,1-3H3. The molecule has 0 aliphatic rings. The van der Waals surface area contributed by atoms with Gasteiger partial charge in [-0.15, -0.1) is 0 Å². The van der Waals surface area contributed by atoms with E-state index in [4.69, 9.17) is 4.74 Å². The van der Waals surface area contributed by atoms with Crippen LogP contribution in [0, 0.1) is 13.8 Å². The number of ether oxygens (including phenoxy) is 1. The number of aromatic hydroxyl groups is 1. The molecule has 10 heteroatoms. The Kier molecular flexibility index (Phi) is 6.14. The van der Waals surface area contributed by atoms with Crippen molar-refractivity contribution in [1.82, 2.24) is 0 Å². The van der Waals surface area contributed by atoms with Crippen LogP contribution in [-0.2, 0) is 20.0 Å². The van der Waals surface area contributed by atoms with Crippen molar-refractivity contribution in [3.8, 4) is 11.5 Å². The molecule has 0 aromatic heterocycles. The Morgan fingerprint density at radius 2 is 1.48 bits per heavy atom. The molecular formula is C21H22N2O6S2. The summed E-state index contributed by atoms with van der Waals surface area (Å²) in [7, 11) is -6.75. The molecule has 0 aliphatic heterocycles. The van der Waals surface area contributed by atoms with Gasteiger partial charge in [-0.3, -0.25) is 9.44 Å². The van der Waals surface area contributed by atoms with E-state index in [9.17, 15) is 21.9 Å². The molecule has 0 saturated heterocycles. The number of phenolic OH excluding ortho intramolecular Hbond substituents is 1. The molecule has 0 saturated carbocycles. The number of anilines is 2. The first-order valence-electron chi connectivity index (χ1n) is 9.12. The number of nitrogens with one attached hydrogen (secondary N) is 2. The maximum absolute atomic E-state index is 12.9. The second kappa shape index (κ2) is 8.48. The van der Waals surface area contributed by atoms with Gasteiger partial charge in [-0.05, 0) is 61.4 Å². The molecule has 0 fully saturated rings. The van der Waals surface area contributed by atoms with Crippen LogP contribution in [-0.4, -0.2) is 29.1 Å². The SMILES string of the molecule is COc1ccccc1NS(=O)(=O)c1ccc(O)c(NS(=O)(=O)c2cc(C)ccc2C)c1. The van der Waals surface area contributed by atoms with Gasteiger partial charge in [0, 0.05) is 0 Å². The Balaban J connectivity index is 1.97. The van der Waals surface area contributed by atoms with E-state index in [0.717, 1.165) is 17.7 Å². The van der Waals surface area contributed by atoms with Crippen LogP contribution in [0.25, 0.3) is 0 Å². The number of aryl methyl sites for hydroxylation is 2. The molecule has 0 atom stereocenters. The van der Waals surface area contributed by atoms with Crippen molar-refractivity contribution in [3.05, 3.63) is 71.8 Å². The highest BCUT2D eigenvalue weighted by molar-refractivity contribution is 7.93. The van der Waals surface area contributed by atoms with Crippen molar-refractivity contribution in [2.24, 2.45) is 0 Å². The van der Waals surface area contributed by atoms with E-state index in [-0.39, 0.29) is 21.2 Å². The molecule has 0 spiro atoms. The van der Waals surface area contributed by atoms with E-state index < -0.39 is 25.8 Å². The monoisotopic (exact) mass is 462 g/mol. The minimum atomic E-state index is -4.10. The molecular weight excluding hydrogens is 440 g/mol. The lowest BCUT2D eigenvalue weighted by atomic mass is 10.2. The largest absolute Gasteiger partial charge is 0.506 e. The summed E-state index contributed by atoms with van der Waals surface area (Å²) in [6.07, 6.45) is 0. The predicted octanol–water partition coefficient (Wildman–Crippen LogP) is 3.62.